The van der Waals surface area contributed by atoms with Crippen LogP contribution in [0.4, 0.5) is 0 Å². The number of hydrogen-bond donors (Lipinski definition) is 1. The van der Waals surface area contributed by atoms with Gasteiger partial charge in [-0.05, 0) is 5.92 Å². The van der Waals surface area contributed by atoms with Crippen molar-refractivity contribution in [2.45, 2.75) is 20.3 Å². The topological polar surface area (TPSA) is 88.2 Å². The van der Waals surface area contributed by atoms with Crippen molar-refractivity contribution < 1.29 is 14.3 Å². The van der Waals surface area contributed by atoms with E-state index in [1.165, 1.54) is 7.11 Å². The number of esters is 1. The SMILES string of the molecule is CCc1nc(C(=O)N2CC(C)C(C(=O)OC)C2)n[nH]1. The van der Waals surface area contributed by atoms with Crippen molar-refractivity contribution in [2.75, 3.05) is 20.2 Å². The van der Waals surface area contributed by atoms with E-state index >= 15 is 0 Å². The predicted octanol–water partition coefficient (Wildman–Crippen LogP) is 0.248. The van der Waals surface area contributed by atoms with E-state index in [0.29, 0.717) is 25.3 Å². The minimum Gasteiger partial charge on any atom is -0.469 e. The standard InChI is InChI=1S/C12H18N4O3/c1-4-9-13-10(15-14-9)11(17)16-5-7(2)8(6-16)12(18)19-3/h7-8H,4-6H2,1-3H3,(H,13,14,15). The molecule has 1 aromatic heterocycles. The highest BCUT2D eigenvalue weighted by Crippen LogP contribution is 2.24. The Labute approximate surface area is 111 Å². The Morgan fingerprint density at radius 2 is 2.21 bits per heavy atom. The van der Waals surface area contributed by atoms with Crippen LogP contribution in [-0.4, -0.2) is 52.2 Å². The Morgan fingerprint density at radius 1 is 1.47 bits per heavy atom. The summed E-state index contributed by atoms with van der Waals surface area (Å²) >= 11 is 0. The molecule has 7 heteroatoms. The lowest BCUT2D eigenvalue weighted by molar-refractivity contribution is -0.146. The number of aromatic amines is 1. The van der Waals surface area contributed by atoms with Crippen molar-refractivity contribution in [3.8, 4) is 0 Å². The summed E-state index contributed by atoms with van der Waals surface area (Å²) in [7, 11) is 1.36. The highest BCUT2D eigenvalue weighted by Gasteiger charge is 2.38. The highest BCUT2D eigenvalue weighted by atomic mass is 16.5. The average Bonchev–Trinajstić information content (AvgIpc) is 3.03. The van der Waals surface area contributed by atoms with Gasteiger partial charge in [-0.15, -0.1) is 5.10 Å². The van der Waals surface area contributed by atoms with Gasteiger partial charge in [0.2, 0.25) is 5.82 Å². The molecule has 1 N–H and O–H groups in total. The summed E-state index contributed by atoms with van der Waals surface area (Å²) in [5.41, 5.74) is 0. The third kappa shape index (κ3) is 2.59. The van der Waals surface area contributed by atoms with E-state index in [9.17, 15) is 9.59 Å². The van der Waals surface area contributed by atoms with Gasteiger partial charge in [-0.2, -0.15) is 0 Å². The maximum atomic E-state index is 12.2. The van der Waals surface area contributed by atoms with E-state index in [0.717, 1.165) is 0 Å². The maximum absolute atomic E-state index is 12.2. The van der Waals surface area contributed by atoms with E-state index in [1.807, 2.05) is 13.8 Å². The number of likely N-dealkylation sites (tertiary alicyclic amines) is 1. The smallest absolute Gasteiger partial charge is 0.310 e. The van der Waals surface area contributed by atoms with Crippen molar-refractivity contribution >= 4 is 11.9 Å². The van der Waals surface area contributed by atoms with Crippen LogP contribution in [0, 0.1) is 11.8 Å². The molecular weight excluding hydrogens is 248 g/mol. The van der Waals surface area contributed by atoms with Crippen LogP contribution in [0.2, 0.25) is 0 Å². The fourth-order valence-electron chi connectivity index (χ4n) is 2.28. The van der Waals surface area contributed by atoms with Crippen molar-refractivity contribution in [1.29, 1.82) is 0 Å². The number of carbonyl (C=O) groups excluding carboxylic acids is 2. The Bertz CT molecular complexity index is 485. The van der Waals surface area contributed by atoms with Gasteiger partial charge in [-0.1, -0.05) is 13.8 Å². The van der Waals surface area contributed by atoms with Gasteiger partial charge in [0.1, 0.15) is 5.82 Å². The van der Waals surface area contributed by atoms with Crippen molar-refractivity contribution in [3.63, 3.8) is 0 Å². The van der Waals surface area contributed by atoms with Crippen molar-refractivity contribution in [1.82, 2.24) is 20.1 Å². The number of rotatable bonds is 3. The largest absolute Gasteiger partial charge is 0.469 e. The van der Waals surface area contributed by atoms with Crippen LogP contribution in [0.3, 0.4) is 0 Å². The van der Waals surface area contributed by atoms with Gasteiger partial charge in [-0.25, -0.2) is 4.98 Å². The van der Waals surface area contributed by atoms with E-state index in [1.54, 1.807) is 4.90 Å². The molecule has 0 aromatic carbocycles. The van der Waals surface area contributed by atoms with E-state index in [-0.39, 0.29) is 29.5 Å². The minimum absolute atomic E-state index is 0.0842. The van der Waals surface area contributed by atoms with Gasteiger partial charge >= 0.3 is 5.97 Å². The third-order valence-corrected chi connectivity index (χ3v) is 3.46. The molecule has 104 valence electrons. The summed E-state index contributed by atoms with van der Waals surface area (Å²) in [5.74, 6) is 0.149. The number of H-pyrrole nitrogens is 1. The normalized spacial score (nSPS) is 22.6. The summed E-state index contributed by atoms with van der Waals surface area (Å²) in [6.45, 7) is 4.75. The molecule has 19 heavy (non-hydrogen) atoms. The second kappa shape index (κ2) is 5.38. The zero-order valence-corrected chi connectivity index (χ0v) is 11.3. The number of methoxy groups -OCH3 is 1. The number of hydrogen-bond acceptors (Lipinski definition) is 5. The second-order valence-electron chi connectivity index (χ2n) is 4.78. The summed E-state index contributed by atoms with van der Waals surface area (Å²) in [6, 6.07) is 0. The summed E-state index contributed by atoms with van der Waals surface area (Å²) in [4.78, 5) is 29.5. The second-order valence-corrected chi connectivity index (χ2v) is 4.78. The Kier molecular flexibility index (Phi) is 3.82. The molecule has 1 aromatic rings. The van der Waals surface area contributed by atoms with Gasteiger partial charge < -0.3 is 9.64 Å². The van der Waals surface area contributed by atoms with Crippen LogP contribution in [0.15, 0.2) is 0 Å². The Hall–Kier alpha value is -1.92. The number of carbonyl (C=O) groups is 2. The zero-order valence-electron chi connectivity index (χ0n) is 11.3. The fraction of sp³-hybridized carbons (Fsp3) is 0.667. The molecule has 1 aliphatic rings. The molecule has 0 radical (unpaired) electrons. The summed E-state index contributed by atoms with van der Waals surface area (Å²) < 4.78 is 4.75. The summed E-state index contributed by atoms with van der Waals surface area (Å²) in [6.07, 6.45) is 0.696. The van der Waals surface area contributed by atoms with E-state index in [2.05, 4.69) is 15.2 Å². The zero-order chi connectivity index (χ0) is 14.0. The van der Waals surface area contributed by atoms with Gasteiger partial charge in [0.25, 0.3) is 5.91 Å². The number of amides is 1. The van der Waals surface area contributed by atoms with Gasteiger partial charge in [0.05, 0.1) is 13.0 Å². The van der Waals surface area contributed by atoms with Crippen LogP contribution >= 0.6 is 0 Å². The van der Waals surface area contributed by atoms with Gasteiger partial charge in [0, 0.05) is 19.5 Å². The average molecular weight is 266 g/mol. The monoisotopic (exact) mass is 266 g/mol. The molecule has 2 heterocycles. The first-order chi connectivity index (χ1) is 9.06. The molecule has 1 aliphatic heterocycles. The highest BCUT2D eigenvalue weighted by molar-refractivity contribution is 5.91. The number of nitrogens with one attached hydrogen (secondary N) is 1. The Balaban J connectivity index is 2.07. The van der Waals surface area contributed by atoms with E-state index < -0.39 is 0 Å². The van der Waals surface area contributed by atoms with Crippen molar-refractivity contribution in [2.24, 2.45) is 11.8 Å². The molecule has 2 unspecified atom stereocenters. The van der Waals surface area contributed by atoms with Crippen molar-refractivity contribution in [3.05, 3.63) is 11.6 Å². The van der Waals surface area contributed by atoms with Crippen LogP contribution in [-0.2, 0) is 16.0 Å². The quantitative estimate of drug-likeness (QED) is 0.792. The fourth-order valence-corrected chi connectivity index (χ4v) is 2.28. The van der Waals surface area contributed by atoms with Crippen LogP contribution in [0.25, 0.3) is 0 Å². The van der Waals surface area contributed by atoms with E-state index in [4.69, 9.17) is 4.74 Å². The molecule has 0 bridgehead atoms. The first-order valence-corrected chi connectivity index (χ1v) is 6.35. The number of aromatic nitrogens is 3. The molecule has 1 amide bonds. The van der Waals surface area contributed by atoms with Crippen LogP contribution in [0.1, 0.15) is 30.3 Å². The molecule has 2 rings (SSSR count). The lowest BCUT2D eigenvalue weighted by atomic mass is 9.99. The summed E-state index contributed by atoms with van der Waals surface area (Å²) in [5, 5.41) is 6.62. The lowest BCUT2D eigenvalue weighted by Crippen LogP contribution is -2.31. The molecule has 0 aliphatic carbocycles. The molecule has 2 atom stereocenters. The van der Waals surface area contributed by atoms with Crippen LogP contribution in [0.5, 0.6) is 0 Å². The van der Waals surface area contributed by atoms with Gasteiger partial charge in [-0.3, -0.25) is 14.7 Å². The molecule has 1 saturated heterocycles. The number of ether oxygens (including phenoxy) is 1. The first kappa shape index (κ1) is 13.5. The maximum Gasteiger partial charge on any atom is 0.310 e. The molecule has 0 spiro atoms. The lowest BCUT2D eigenvalue weighted by Gasteiger charge is -2.13. The number of aryl methyl sites for hydroxylation is 1. The predicted molar refractivity (Wildman–Crippen MR) is 66.3 cm³/mol. The first-order valence-electron chi connectivity index (χ1n) is 6.35. The third-order valence-electron chi connectivity index (χ3n) is 3.46. The van der Waals surface area contributed by atoms with Gasteiger partial charge in [0.15, 0.2) is 0 Å². The van der Waals surface area contributed by atoms with Crippen LogP contribution < -0.4 is 0 Å². The molecule has 0 saturated carbocycles. The minimum atomic E-state index is -0.271. The Morgan fingerprint density at radius 3 is 2.79 bits per heavy atom. The molecule has 1 fully saturated rings. The molecular formula is C12H18N4O3. The number of nitrogens with zero attached hydrogens (tertiary/aromatic N) is 3. The molecule has 7 nitrogen and oxygen atoms in total.